The molecule has 0 atom stereocenters. The van der Waals surface area contributed by atoms with Gasteiger partial charge in [-0.1, -0.05) is 19.3 Å². The molecule has 2 fully saturated rings. The molecule has 0 unspecified atom stereocenters. The van der Waals surface area contributed by atoms with Crippen molar-refractivity contribution < 1.29 is 17.9 Å². The summed E-state index contributed by atoms with van der Waals surface area (Å²) in [6.45, 7) is 3.19. The van der Waals surface area contributed by atoms with Gasteiger partial charge in [0.05, 0.1) is 17.6 Å². The zero-order valence-corrected chi connectivity index (χ0v) is 17.8. The Hall–Kier alpha value is -1.60. The molecule has 28 heavy (non-hydrogen) atoms. The Morgan fingerprint density at radius 1 is 1.14 bits per heavy atom. The maximum atomic E-state index is 12.8. The minimum atomic E-state index is -3.38. The van der Waals surface area contributed by atoms with Crippen molar-refractivity contribution in [3.8, 4) is 5.75 Å². The van der Waals surface area contributed by atoms with Crippen molar-refractivity contribution in [2.24, 2.45) is 5.92 Å². The number of piperidine rings is 1. The largest absolute Gasteiger partial charge is 0.496 e. The summed E-state index contributed by atoms with van der Waals surface area (Å²) in [5.74, 6) is 0.954. The fourth-order valence-corrected chi connectivity index (χ4v) is 5.00. The van der Waals surface area contributed by atoms with Crippen LogP contribution in [0.4, 0.5) is 0 Å². The molecule has 1 saturated heterocycles. The van der Waals surface area contributed by atoms with E-state index in [2.05, 4.69) is 10.2 Å². The summed E-state index contributed by atoms with van der Waals surface area (Å²) >= 11 is 0. The Bertz CT molecular complexity index is 780. The van der Waals surface area contributed by atoms with Gasteiger partial charge < -0.3 is 15.0 Å². The van der Waals surface area contributed by atoms with Gasteiger partial charge in [0, 0.05) is 31.9 Å². The molecule has 7 heteroatoms. The lowest BCUT2D eigenvalue weighted by atomic mass is 9.88. The van der Waals surface area contributed by atoms with Crippen molar-refractivity contribution in [1.82, 2.24) is 10.2 Å². The molecule has 0 aromatic heterocycles. The fraction of sp³-hybridized carbons (Fsp3) is 0.667. The Balaban J connectivity index is 1.57. The normalized spacial score (nSPS) is 20.1. The van der Waals surface area contributed by atoms with Crippen LogP contribution in [0.5, 0.6) is 5.75 Å². The van der Waals surface area contributed by atoms with Crippen LogP contribution in [0, 0.1) is 5.92 Å². The number of rotatable bonds is 6. The van der Waals surface area contributed by atoms with E-state index in [4.69, 9.17) is 4.74 Å². The molecule has 0 radical (unpaired) electrons. The van der Waals surface area contributed by atoms with Crippen LogP contribution in [0.3, 0.4) is 0 Å². The molecule has 0 spiro atoms. The average Bonchev–Trinajstić information content (AvgIpc) is 2.69. The van der Waals surface area contributed by atoms with Crippen LogP contribution in [0.1, 0.15) is 55.3 Å². The maximum absolute atomic E-state index is 12.8. The van der Waals surface area contributed by atoms with Gasteiger partial charge in [-0.25, -0.2) is 8.42 Å². The number of hydrogen-bond donors (Lipinski definition) is 1. The van der Waals surface area contributed by atoms with E-state index in [1.54, 1.807) is 0 Å². The lowest BCUT2D eigenvalue weighted by molar-refractivity contribution is 0.0898. The highest BCUT2D eigenvalue weighted by Gasteiger charge is 2.25. The second-order valence-electron chi connectivity index (χ2n) is 8.19. The second-order valence-corrected chi connectivity index (χ2v) is 10.2. The van der Waals surface area contributed by atoms with Crippen molar-refractivity contribution in [3.05, 3.63) is 23.8 Å². The lowest BCUT2D eigenvalue weighted by Gasteiger charge is -2.35. The minimum Gasteiger partial charge on any atom is -0.496 e. The highest BCUT2D eigenvalue weighted by molar-refractivity contribution is 7.90. The molecule has 3 rings (SSSR count). The Labute approximate surface area is 168 Å². The zero-order chi connectivity index (χ0) is 20.1. The third kappa shape index (κ3) is 5.47. The van der Waals surface area contributed by atoms with E-state index >= 15 is 0 Å². The van der Waals surface area contributed by atoms with Gasteiger partial charge in [0.1, 0.15) is 5.75 Å². The summed E-state index contributed by atoms with van der Waals surface area (Å²) in [7, 11) is -1.90. The number of sulfone groups is 1. The van der Waals surface area contributed by atoms with Gasteiger partial charge in [-0.15, -0.1) is 0 Å². The topological polar surface area (TPSA) is 75.7 Å². The van der Waals surface area contributed by atoms with E-state index in [9.17, 15) is 13.2 Å². The highest BCUT2D eigenvalue weighted by Crippen LogP contribution is 2.26. The SMILES string of the molecule is COc1ccc(S(C)(=O)=O)cc1C(=O)NC1CCN(CC2CCCCC2)CC1. The molecule has 1 aliphatic carbocycles. The van der Waals surface area contributed by atoms with Crippen molar-refractivity contribution >= 4 is 15.7 Å². The van der Waals surface area contributed by atoms with Crippen molar-refractivity contribution in [1.29, 1.82) is 0 Å². The second kappa shape index (κ2) is 9.27. The van der Waals surface area contributed by atoms with Crippen LogP contribution in [-0.4, -0.2) is 58.3 Å². The van der Waals surface area contributed by atoms with E-state index < -0.39 is 9.84 Å². The molecule has 2 aliphatic rings. The number of hydrogen-bond acceptors (Lipinski definition) is 5. The molecule has 1 aromatic rings. The van der Waals surface area contributed by atoms with Gasteiger partial charge in [-0.05, 0) is 49.8 Å². The minimum absolute atomic E-state index is 0.113. The molecule has 6 nitrogen and oxygen atoms in total. The number of nitrogens with zero attached hydrogens (tertiary/aromatic N) is 1. The van der Waals surface area contributed by atoms with Crippen molar-refractivity contribution in [2.75, 3.05) is 33.0 Å². The standard InChI is InChI=1S/C21H32N2O4S/c1-27-20-9-8-18(28(2,25)26)14-19(20)21(24)22-17-10-12-23(13-11-17)15-16-6-4-3-5-7-16/h8-9,14,16-17H,3-7,10-13,15H2,1-2H3,(H,22,24). The molecule has 1 N–H and O–H groups in total. The van der Waals surface area contributed by atoms with Gasteiger partial charge in [0.2, 0.25) is 0 Å². The lowest BCUT2D eigenvalue weighted by Crippen LogP contribution is -2.46. The number of nitrogens with one attached hydrogen (secondary N) is 1. The van der Waals surface area contributed by atoms with Gasteiger partial charge >= 0.3 is 0 Å². The molecule has 1 aromatic carbocycles. The van der Waals surface area contributed by atoms with E-state index in [1.165, 1.54) is 64.0 Å². The highest BCUT2D eigenvalue weighted by atomic mass is 32.2. The van der Waals surface area contributed by atoms with Crippen LogP contribution in [-0.2, 0) is 9.84 Å². The Morgan fingerprint density at radius 3 is 2.43 bits per heavy atom. The number of likely N-dealkylation sites (tertiary alicyclic amines) is 1. The van der Waals surface area contributed by atoms with Crippen LogP contribution < -0.4 is 10.1 Å². The Kier molecular flexibility index (Phi) is 6.99. The number of amides is 1. The van der Waals surface area contributed by atoms with E-state index in [1.807, 2.05) is 0 Å². The van der Waals surface area contributed by atoms with Crippen LogP contribution >= 0.6 is 0 Å². The molecule has 156 valence electrons. The Morgan fingerprint density at radius 2 is 1.82 bits per heavy atom. The van der Waals surface area contributed by atoms with Gasteiger partial charge in [0.15, 0.2) is 9.84 Å². The molecule has 0 bridgehead atoms. The summed E-state index contributed by atoms with van der Waals surface area (Å²) in [6.07, 6.45) is 9.81. The van der Waals surface area contributed by atoms with E-state index in [0.717, 1.165) is 38.1 Å². The summed E-state index contributed by atoms with van der Waals surface area (Å²) in [6, 6.07) is 4.52. The first-order valence-corrected chi connectivity index (χ1v) is 12.2. The van der Waals surface area contributed by atoms with Crippen LogP contribution in [0.2, 0.25) is 0 Å². The fourth-order valence-electron chi connectivity index (χ4n) is 4.35. The number of carbonyl (C=O) groups is 1. The monoisotopic (exact) mass is 408 g/mol. The molecule has 1 heterocycles. The van der Waals surface area contributed by atoms with E-state index in [-0.39, 0.29) is 22.4 Å². The van der Waals surface area contributed by atoms with Crippen LogP contribution in [0.25, 0.3) is 0 Å². The molecule has 1 amide bonds. The molecule has 1 aliphatic heterocycles. The zero-order valence-electron chi connectivity index (χ0n) is 16.9. The molecule has 1 saturated carbocycles. The number of carbonyl (C=O) groups excluding carboxylic acids is 1. The van der Waals surface area contributed by atoms with Crippen LogP contribution in [0.15, 0.2) is 23.1 Å². The summed E-state index contributed by atoms with van der Waals surface area (Å²) in [5, 5.41) is 3.07. The van der Waals surface area contributed by atoms with Gasteiger partial charge in [0.25, 0.3) is 5.91 Å². The first kappa shape index (κ1) is 21.1. The third-order valence-electron chi connectivity index (χ3n) is 6.01. The number of benzene rings is 1. The molecular weight excluding hydrogens is 376 g/mol. The van der Waals surface area contributed by atoms with Gasteiger partial charge in [-0.3, -0.25) is 4.79 Å². The predicted molar refractivity (Wildman–Crippen MR) is 110 cm³/mol. The predicted octanol–water partition coefficient (Wildman–Crippen LogP) is 2.87. The number of ether oxygens (including phenoxy) is 1. The summed E-state index contributed by atoms with van der Waals surface area (Å²) in [4.78, 5) is 15.4. The van der Waals surface area contributed by atoms with Gasteiger partial charge in [-0.2, -0.15) is 0 Å². The molecular formula is C21H32N2O4S. The third-order valence-corrected chi connectivity index (χ3v) is 7.12. The van der Waals surface area contributed by atoms with Crippen molar-refractivity contribution in [3.63, 3.8) is 0 Å². The van der Waals surface area contributed by atoms with Crippen molar-refractivity contribution in [2.45, 2.75) is 55.9 Å². The summed E-state index contributed by atoms with van der Waals surface area (Å²) in [5.41, 5.74) is 0.273. The van der Waals surface area contributed by atoms with E-state index in [0.29, 0.717) is 5.75 Å². The first-order valence-electron chi connectivity index (χ1n) is 10.3. The quantitative estimate of drug-likeness (QED) is 0.783. The maximum Gasteiger partial charge on any atom is 0.255 e. The smallest absolute Gasteiger partial charge is 0.255 e. The first-order chi connectivity index (χ1) is 13.4. The number of methoxy groups -OCH3 is 1. The summed E-state index contributed by atoms with van der Waals surface area (Å²) < 4.78 is 28.9. The average molecular weight is 409 g/mol.